The van der Waals surface area contributed by atoms with Gasteiger partial charge in [0.1, 0.15) is 12.4 Å². The van der Waals surface area contributed by atoms with Crippen molar-refractivity contribution >= 4 is 17.7 Å². The first-order valence-electron chi connectivity index (χ1n) is 7.97. The number of hydrogen-bond donors (Lipinski definition) is 1. The molecule has 0 spiro atoms. The summed E-state index contributed by atoms with van der Waals surface area (Å²) in [6, 6.07) is 15.5. The van der Waals surface area contributed by atoms with Gasteiger partial charge in [0.25, 0.3) is 0 Å². The van der Waals surface area contributed by atoms with Crippen LogP contribution in [-0.2, 0) is 16.0 Å². The van der Waals surface area contributed by atoms with Crippen molar-refractivity contribution in [2.75, 3.05) is 18.1 Å². The predicted octanol–water partition coefficient (Wildman–Crippen LogP) is 2.59. The Morgan fingerprint density at radius 2 is 2.00 bits per heavy atom. The third-order valence-electron chi connectivity index (χ3n) is 3.92. The zero-order chi connectivity index (χ0) is 18.5. The van der Waals surface area contributed by atoms with E-state index in [2.05, 4.69) is 0 Å². The fourth-order valence-electron chi connectivity index (χ4n) is 2.67. The molecule has 1 fully saturated rings. The number of carbonyl (C=O) groups is 2. The standard InChI is InChI=1S/C19H16N2O5/c20-10-13-5-7-15(8-6-13)21-11-16(26-19(21)24)12-25-17-4-2-1-3-14(17)9-18(22)23/h1-8,16H,9,11-12H2,(H,22,23). The molecule has 2 aromatic rings. The van der Waals surface area contributed by atoms with Crippen LogP contribution in [0.25, 0.3) is 0 Å². The largest absolute Gasteiger partial charge is 0.489 e. The number of nitrogens with zero attached hydrogens (tertiary/aromatic N) is 2. The topological polar surface area (TPSA) is 99.9 Å². The molecule has 7 nitrogen and oxygen atoms in total. The van der Waals surface area contributed by atoms with Gasteiger partial charge in [0, 0.05) is 11.3 Å². The number of anilines is 1. The molecule has 1 amide bonds. The van der Waals surface area contributed by atoms with Crippen LogP contribution in [0.2, 0.25) is 0 Å². The summed E-state index contributed by atoms with van der Waals surface area (Å²) >= 11 is 0. The summed E-state index contributed by atoms with van der Waals surface area (Å²) < 4.78 is 11.0. The van der Waals surface area contributed by atoms with E-state index in [4.69, 9.17) is 19.8 Å². The van der Waals surface area contributed by atoms with Crippen molar-refractivity contribution in [2.45, 2.75) is 12.5 Å². The molecule has 1 N–H and O–H groups in total. The zero-order valence-corrected chi connectivity index (χ0v) is 13.8. The van der Waals surface area contributed by atoms with E-state index in [1.807, 2.05) is 6.07 Å². The number of amides is 1. The van der Waals surface area contributed by atoms with Gasteiger partial charge in [-0.05, 0) is 30.3 Å². The number of para-hydroxylation sites is 1. The Labute approximate surface area is 150 Å². The molecule has 0 aromatic heterocycles. The molecule has 1 saturated heterocycles. The molecule has 26 heavy (non-hydrogen) atoms. The minimum Gasteiger partial charge on any atom is -0.489 e. The van der Waals surface area contributed by atoms with Crippen molar-refractivity contribution in [3.05, 3.63) is 59.7 Å². The van der Waals surface area contributed by atoms with Gasteiger partial charge in [-0.1, -0.05) is 18.2 Å². The number of ether oxygens (including phenoxy) is 2. The smallest absolute Gasteiger partial charge is 0.414 e. The molecule has 0 saturated carbocycles. The molecule has 0 bridgehead atoms. The number of hydrogen-bond acceptors (Lipinski definition) is 5. The van der Waals surface area contributed by atoms with Gasteiger partial charge >= 0.3 is 12.1 Å². The number of benzene rings is 2. The van der Waals surface area contributed by atoms with E-state index in [1.54, 1.807) is 48.5 Å². The van der Waals surface area contributed by atoms with Gasteiger partial charge in [-0.15, -0.1) is 0 Å². The van der Waals surface area contributed by atoms with E-state index >= 15 is 0 Å². The van der Waals surface area contributed by atoms with Gasteiger partial charge in [-0.3, -0.25) is 9.69 Å². The van der Waals surface area contributed by atoms with Crippen molar-refractivity contribution in [1.82, 2.24) is 0 Å². The highest BCUT2D eigenvalue weighted by molar-refractivity contribution is 5.89. The molecule has 1 unspecified atom stereocenters. The van der Waals surface area contributed by atoms with Crippen LogP contribution in [0.1, 0.15) is 11.1 Å². The van der Waals surface area contributed by atoms with Crippen molar-refractivity contribution in [1.29, 1.82) is 5.26 Å². The number of carboxylic acid groups (broad SMARTS) is 1. The summed E-state index contributed by atoms with van der Waals surface area (Å²) in [7, 11) is 0. The molecule has 132 valence electrons. The number of carbonyl (C=O) groups excluding carboxylic acids is 1. The zero-order valence-electron chi connectivity index (χ0n) is 13.8. The first-order valence-corrected chi connectivity index (χ1v) is 7.97. The van der Waals surface area contributed by atoms with E-state index < -0.39 is 18.2 Å². The SMILES string of the molecule is N#Cc1ccc(N2CC(COc3ccccc3CC(=O)O)OC2=O)cc1. The van der Waals surface area contributed by atoms with E-state index in [0.717, 1.165) is 0 Å². The number of carboxylic acids is 1. The third-order valence-corrected chi connectivity index (χ3v) is 3.92. The first-order chi connectivity index (χ1) is 12.6. The van der Waals surface area contributed by atoms with E-state index in [0.29, 0.717) is 29.1 Å². The van der Waals surface area contributed by atoms with Gasteiger partial charge < -0.3 is 14.6 Å². The van der Waals surface area contributed by atoms with Gasteiger partial charge in [0.05, 0.1) is 24.6 Å². The lowest BCUT2D eigenvalue weighted by Crippen LogP contribution is -2.26. The van der Waals surface area contributed by atoms with Crippen LogP contribution in [0.15, 0.2) is 48.5 Å². The molecule has 1 atom stereocenters. The van der Waals surface area contributed by atoms with Crippen LogP contribution in [0.3, 0.4) is 0 Å². The molecule has 3 rings (SSSR count). The molecule has 1 aliphatic heterocycles. The van der Waals surface area contributed by atoms with Crippen LogP contribution in [0, 0.1) is 11.3 Å². The average Bonchev–Trinajstić information content (AvgIpc) is 3.01. The second-order valence-electron chi connectivity index (χ2n) is 5.76. The minimum atomic E-state index is -0.944. The fourth-order valence-corrected chi connectivity index (χ4v) is 2.67. The number of cyclic esters (lactones) is 1. The average molecular weight is 352 g/mol. The summed E-state index contributed by atoms with van der Waals surface area (Å²) in [4.78, 5) is 24.5. The lowest BCUT2D eigenvalue weighted by Gasteiger charge is -2.14. The summed E-state index contributed by atoms with van der Waals surface area (Å²) in [6.07, 6.45) is -1.10. The lowest BCUT2D eigenvalue weighted by atomic mass is 10.1. The Kier molecular flexibility index (Phi) is 5.04. The Bertz CT molecular complexity index is 857. The molecule has 0 radical (unpaired) electrons. The molecule has 2 aromatic carbocycles. The Hall–Kier alpha value is -3.53. The van der Waals surface area contributed by atoms with Crippen LogP contribution in [0.4, 0.5) is 10.5 Å². The van der Waals surface area contributed by atoms with E-state index in [-0.39, 0.29) is 13.0 Å². The van der Waals surface area contributed by atoms with Crippen LogP contribution in [-0.4, -0.2) is 36.4 Å². The van der Waals surface area contributed by atoms with Crippen LogP contribution in [0.5, 0.6) is 5.75 Å². The van der Waals surface area contributed by atoms with Gasteiger partial charge in [0.15, 0.2) is 6.10 Å². The number of aliphatic carboxylic acids is 1. The predicted molar refractivity (Wildman–Crippen MR) is 92.0 cm³/mol. The summed E-state index contributed by atoms with van der Waals surface area (Å²) in [5, 5.41) is 17.8. The summed E-state index contributed by atoms with van der Waals surface area (Å²) in [6.45, 7) is 0.432. The maximum atomic E-state index is 12.1. The Morgan fingerprint density at radius 1 is 1.27 bits per heavy atom. The van der Waals surface area contributed by atoms with Gasteiger partial charge in [0.2, 0.25) is 0 Å². The van der Waals surface area contributed by atoms with Crippen LogP contribution >= 0.6 is 0 Å². The molecule has 1 aliphatic rings. The van der Waals surface area contributed by atoms with Crippen LogP contribution < -0.4 is 9.64 Å². The highest BCUT2D eigenvalue weighted by atomic mass is 16.6. The summed E-state index contributed by atoms with van der Waals surface area (Å²) in [5.74, 6) is -0.483. The molecular weight excluding hydrogens is 336 g/mol. The van der Waals surface area contributed by atoms with Crippen molar-refractivity contribution in [2.24, 2.45) is 0 Å². The maximum Gasteiger partial charge on any atom is 0.414 e. The second-order valence-corrected chi connectivity index (χ2v) is 5.76. The van der Waals surface area contributed by atoms with Crippen molar-refractivity contribution < 1.29 is 24.2 Å². The molecule has 7 heteroatoms. The second kappa shape index (κ2) is 7.57. The minimum absolute atomic E-state index is 0.120. The lowest BCUT2D eigenvalue weighted by molar-refractivity contribution is -0.136. The van der Waals surface area contributed by atoms with Crippen molar-refractivity contribution in [3.63, 3.8) is 0 Å². The van der Waals surface area contributed by atoms with Crippen molar-refractivity contribution in [3.8, 4) is 11.8 Å². The third kappa shape index (κ3) is 3.92. The molecular formula is C19H16N2O5. The maximum absolute atomic E-state index is 12.1. The quantitative estimate of drug-likeness (QED) is 0.858. The number of nitriles is 1. The highest BCUT2D eigenvalue weighted by Crippen LogP contribution is 2.24. The molecule has 1 heterocycles. The van der Waals surface area contributed by atoms with Gasteiger partial charge in [-0.2, -0.15) is 5.26 Å². The first kappa shape index (κ1) is 17.3. The Morgan fingerprint density at radius 3 is 2.69 bits per heavy atom. The Balaban J connectivity index is 1.63. The van der Waals surface area contributed by atoms with E-state index in [9.17, 15) is 9.59 Å². The normalized spacial score (nSPS) is 16.0. The fraction of sp³-hybridized carbons (Fsp3) is 0.211. The monoisotopic (exact) mass is 352 g/mol. The number of rotatable bonds is 6. The highest BCUT2D eigenvalue weighted by Gasteiger charge is 2.33. The molecule has 0 aliphatic carbocycles. The van der Waals surface area contributed by atoms with Gasteiger partial charge in [-0.25, -0.2) is 4.79 Å². The summed E-state index contributed by atoms with van der Waals surface area (Å²) in [5.41, 5.74) is 1.72. The van der Waals surface area contributed by atoms with E-state index in [1.165, 1.54) is 4.90 Å².